The fourth-order valence-corrected chi connectivity index (χ4v) is 8.77. The maximum Gasteiger partial charge on any atom is 0.0716 e. The molecule has 0 spiro atoms. The standard InChI is InChI=1S/C45H35N3S/c1-3-29(26-46-28(2)35-12-8-14-39-37-11-5-7-17-43(37)49-45(35)39)30-18-19-32-25-33(21-20-31(32)24-30)34-22-23-41(47-27-34)40-15-9-13-38-36-10-4-6-16-42(36)48-44(38)40/h3-7,9-13,15-27,41,47-48H,1,8,14H2,2H3/b29-26+,46-28?. The van der Waals surface area contributed by atoms with Crippen LogP contribution in [-0.2, 0) is 6.42 Å². The van der Waals surface area contributed by atoms with E-state index < -0.39 is 0 Å². The smallest absolute Gasteiger partial charge is 0.0716 e. The summed E-state index contributed by atoms with van der Waals surface area (Å²) >= 11 is 1.88. The lowest BCUT2D eigenvalue weighted by atomic mass is 9.94. The lowest BCUT2D eigenvalue weighted by Crippen LogP contribution is -2.16. The monoisotopic (exact) mass is 649 g/mol. The number of para-hydroxylation sites is 2. The average molecular weight is 650 g/mol. The van der Waals surface area contributed by atoms with E-state index in [1.165, 1.54) is 75.4 Å². The third-order valence-electron chi connectivity index (χ3n) is 9.99. The number of nitrogens with zero attached hydrogens (tertiary/aromatic N) is 1. The van der Waals surface area contributed by atoms with Gasteiger partial charge in [0.25, 0.3) is 0 Å². The summed E-state index contributed by atoms with van der Waals surface area (Å²) in [5.41, 5.74) is 11.8. The van der Waals surface area contributed by atoms with Gasteiger partial charge in [-0.2, -0.15) is 0 Å². The highest BCUT2D eigenvalue weighted by Gasteiger charge is 2.20. The van der Waals surface area contributed by atoms with Crippen LogP contribution in [-0.4, -0.2) is 10.7 Å². The van der Waals surface area contributed by atoms with Crippen molar-refractivity contribution in [1.29, 1.82) is 0 Å². The third kappa shape index (κ3) is 5.16. The van der Waals surface area contributed by atoms with E-state index in [1.807, 2.05) is 23.6 Å². The summed E-state index contributed by atoms with van der Waals surface area (Å²) in [7, 11) is 0. The first-order valence-corrected chi connectivity index (χ1v) is 17.7. The Morgan fingerprint density at radius 1 is 0.878 bits per heavy atom. The molecule has 0 saturated carbocycles. The van der Waals surface area contributed by atoms with Gasteiger partial charge in [0.05, 0.1) is 11.6 Å². The molecule has 5 aromatic carbocycles. The summed E-state index contributed by atoms with van der Waals surface area (Å²) in [6.07, 6.45) is 15.0. The molecule has 1 unspecified atom stereocenters. The number of aliphatic imine (C=N–C) groups is 1. The van der Waals surface area contributed by atoms with E-state index in [1.54, 1.807) is 0 Å². The second kappa shape index (κ2) is 12.1. The summed E-state index contributed by atoms with van der Waals surface area (Å²) < 4.78 is 1.35. The Morgan fingerprint density at radius 2 is 1.69 bits per heavy atom. The molecule has 0 amide bonds. The van der Waals surface area contributed by atoms with Gasteiger partial charge in [-0.3, -0.25) is 4.99 Å². The number of benzene rings is 5. The lowest BCUT2D eigenvalue weighted by Gasteiger charge is -2.20. The zero-order chi connectivity index (χ0) is 32.9. The summed E-state index contributed by atoms with van der Waals surface area (Å²) in [5.74, 6) is 0. The Hall–Kier alpha value is -5.71. The highest BCUT2D eigenvalue weighted by atomic mass is 32.1. The third-order valence-corrected chi connectivity index (χ3v) is 11.2. The zero-order valence-electron chi connectivity index (χ0n) is 27.3. The highest BCUT2D eigenvalue weighted by Crippen LogP contribution is 2.40. The van der Waals surface area contributed by atoms with Crippen LogP contribution in [0.25, 0.3) is 59.4 Å². The zero-order valence-corrected chi connectivity index (χ0v) is 28.1. The van der Waals surface area contributed by atoms with Crippen LogP contribution < -0.4 is 5.32 Å². The molecule has 0 fully saturated rings. The molecular formula is C45H35N3S. The van der Waals surface area contributed by atoms with E-state index >= 15 is 0 Å². The largest absolute Gasteiger partial charge is 0.380 e. The van der Waals surface area contributed by atoms with E-state index in [2.05, 4.69) is 151 Å². The molecule has 4 heteroatoms. The number of H-pyrrole nitrogens is 1. The predicted molar refractivity (Wildman–Crippen MR) is 212 cm³/mol. The number of hydrogen-bond donors (Lipinski definition) is 2. The molecule has 3 heterocycles. The second-order valence-corrected chi connectivity index (χ2v) is 13.9. The molecule has 9 rings (SSSR count). The molecular weight excluding hydrogens is 615 g/mol. The number of hydrogen-bond acceptors (Lipinski definition) is 3. The normalized spacial score (nSPS) is 16.6. The van der Waals surface area contributed by atoms with Crippen molar-refractivity contribution in [2.24, 2.45) is 4.99 Å². The van der Waals surface area contributed by atoms with Crippen LogP contribution in [0.3, 0.4) is 0 Å². The van der Waals surface area contributed by atoms with Crippen LogP contribution in [0, 0.1) is 0 Å². The van der Waals surface area contributed by atoms with Crippen LogP contribution in [0.5, 0.6) is 0 Å². The molecule has 2 aliphatic rings. The van der Waals surface area contributed by atoms with E-state index in [9.17, 15) is 0 Å². The van der Waals surface area contributed by atoms with Crippen LogP contribution in [0.1, 0.15) is 46.5 Å². The predicted octanol–water partition coefficient (Wildman–Crippen LogP) is 11.9. The van der Waals surface area contributed by atoms with Gasteiger partial charge < -0.3 is 10.3 Å². The van der Waals surface area contributed by atoms with Crippen molar-refractivity contribution >= 4 is 76.4 Å². The molecule has 0 bridgehead atoms. The van der Waals surface area contributed by atoms with E-state index in [4.69, 9.17) is 4.99 Å². The molecule has 49 heavy (non-hydrogen) atoms. The first kappa shape index (κ1) is 29.4. The van der Waals surface area contributed by atoms with Gasteiger partial charge in [0.15, 0.2) is 0 Å². The number of allylic oxidation sites excluding steroid dienone is 6. The van der Waals surface area contributed by atoms with Gasteiger partial charge in [-0.15, -0.1) is 11.3 Å². The van der Waals surface area contributed by atoms with Gasteiger partial charge in [0.2, 0.25) is 0 Å². The van der Waals surface area contributed by atoms with Crippen molar-refractivity contribution in [1.82, 2.24) is 10.3 Å². The second-order valence-electron chi connectivity index (χ2n) is 12.9. The number of dihydropyridines is 1. The van der Waals surface area contributed by atoms with Crippen LogP contribution in [0.15, 0.2) is 151 Å². The Labute approximate surface area is 290 Å². The van der Waals surface area contributed by atoms with E-state index in [-0.39, 0.29) is 6.04 Å². The number of aromatic amines is 1. The Balaban J connectivity index is 0.952. The Kier molecular flexibility index (Phi) is 7.25. The number of aromatic nitrogens is 1. The molecule has 236 valence electrons. The summed E-state index contributed by atoms with van der Waals surface area (Å²) in [5, 5.41) is 9.96. The van der Waals surface area contributed by atoms with Crippen molar-refractivity contribution in [2.45, 2.75) is 25.8 Å². The molecule has 1 aliphatic carbocycles. The number of rotatable bonds is 6. The molecule has 2 N–H and O–H groups in total. The van der Waals surface area contributed by atoms with Gasteiger partial charge in [0, 0.05) is 55.1 Å². The van der Waals surface area contributed by atoms with Crippen molar-refractivity contribution in [3.05, 3.63) is 174 Å². The van der Waals surface area contributed by atoms with Crippen LogP contribution in [0.4, 0.5) is 0 Å². The van der Waals surface area contributed by atoms with Crippen LogP contribution >= 0.6 is 11.3 Å². The van der Waals surface area contributed by atoms with Gasteiger partial charge in [-0.25, -0.2) is 0 Å². The van der Waals surface area contributed by atoms with E-state index in [0.29, 0.717) is 0 Å². The first-order valence-electron chi connectivity index (χ1n) is 16.9. The van der Waals surface area contributed by atoms with E-state index in [0.717, 1.165) is 29.7 Å². The molecule has 0 saturated heterocycles. The summed E-state index contributed by atoms with van der Waals surface area (Å²) in [6, 6.07) is 37.2. The topological polar surface area (TPSA) is 40.2 Å². The summed E-state index contributed by atoms with van der Waals surface area (Å²) in [6.45, 7) is 6.25. The fraction of sp³-hybridized carbons (Fsp3) is 0.0889. The Bertz CT molecular complexity index is 2620. The quantitative estimate of drug-likeness (QED) is 0.137. The average Bonchev–Trinajstić information content (AvgIpc) is 3.73. The molecule has 7 aromatic rings. The number of thiophene rings is 1. The fourth-order valence-electron chi connectivity index (χ4n) is 7.43. The first-order chi connectivity index (χ1) is 24.1. The van der Waals surface area contributed by atoms with Crippen molar-refractivity contribution in [3.63, 3.8) is 0 Å². The van der Waals surface area contributed by atoms with Crippen molar-refractivity contribution in [3.8, 4) is 0 Å². The molecule has 1 atom stereocenters. The minimum Gasteiger partial charge on any atom is -0.380 e. The van der Waals surface area contributed by atoms with Crippen molar-refractivity contribution in [2.75, 3.05) is 0 Å². The molecule has 1 aliphatic heterocycles. The van der Waals surface area contributed by atoms with Gasteiger partial charge in [-0.05, 0) is 88.0 Å². The lowest BCUT2D eigenvalue weighted by molar-refractivity contribution is 0.754. The van der Waals surface area contributed by atoms with Gasteiger partial charge in [0.1, 0.15) is 0 Å². The maximum absolute atomic E-state index is 4.97. The molecule has 3 nitrogen and oxygen atoms in total. The molecule has 2 aromatic heterocycles. The Morgan fingerprint density at radius 3 is 2.57 bits per heavy atom. The SMILES string of the molecule is C=C/C(=C\N=C(C)C1=CCCc2c1sc1ccccc21)c1ccc2cc(C3=CNC(c4cccc5c4[nH]c4ccccc45)C=C3)ccc2c1. The minimum atomic E-state index is 0.0975. The molecule has 0 radical (unpaired) electrons. The number of nitrogens with one attached hydrogen (secondary N) is 2. The van der Waals surface area contributed by atoms with Crippen LogP contribution in [0.2, 0.25) is 0 Å². The summed E-state index contributed by atoms with van der Waals surface area (Å²) in [4.78, 5) is 9.98. The number of aryl methyl sites for hydroxylation is 1. The maximum atomic E-state index is 4.97. The highest BCUT2D eigenvalue weighted by molar-refractivity contribution is 7.20. The van der Waals surface area contributed by atoms with Gasteiger partial charge >= 0.3 is 0 Å². The van der Waals surface area contributed by atoms with Crippen molar-refractivity contribution < 1.29 is 0 Å². The number of fused-ring (bicyclic) bond motifs is 7. The van der Waals surface area contributed by atoms with Gasteiger partial charge in [-0.1, -0.05) is 110 Å². The minimum absolute atomic E-state index is 0.0975.